The molecule has 0 N–H and O–H groups in total. The van der Waals surface area contributed by atoms with E-state index in [-0.39, 0.29) is 5.38 Å². The van der Waals surface area contributed by atoms with Crippen LogP contribution >= 0.6 is 23.1 Å². The highest BCUT2D eigenvalue weighted by atomic mass is 35.5. The molecular weight excluding hydrogens is 156 g/mol. The number of alkyl halides is 1. The lowest BCUT2D eigenvalue weighted by molar-refractivity contribution is 1.03. The number of hydrogen-bond acceptors (Lipinski definition) is 3. The summed E-state index contributed by atoms with van der Waals surface area (Å²) >= 11 is 7.14. The van der Waals surface area contributed by atoms with E-state index in [1.165, 1.54) is 11.5 Å². The van der Waals surface area contributed by atoms with Crippen LogP contribution in [0.2, 0.25) is 0 Å². The molecule has 2 nitrogen and oxygen atoms in total. The standard InChI is InChI=1S/C5H7ClN2S/c1-3(6)5-4(2)7-8-9-5/h3H,1-2H3. The summed E-state index contributed by atoms with van der Waals surface area (Å²) in [7, 11) is 0. The molecule has 1 rings (SSSR count). The third kappa shape index (κ3) is 1.40. The van der Waals surface area contributed by atoms with Gasteiger partial charge in [-0.1, -0.05) is 4.49 Å². The predicted molar refractivity (Wildman–Crippen MR) is 38.9 cm³/mol. The van der Waals surface area contributed by atoms with Crippen LogP contribution in [-0.2, 0) is 0 Å². The number of halogens is 1. The summed E-state index contributed by atoms with van der Waals surface area (Å²) in [5.74, 6) is 0. The maximum absolute atomic E-state index is 5.78. The first-order valence-corrected chi connectivity index (χ1v) is 3.85. The smallest absolute Gasteiger partial charge is 0.0771 e. The lowest BCUT2D eigenvalue weighted by Gasteiger charge is -1.94. The Balaban J connectivity index is 2.94. The van der Waals surface area contributed by atoms with Crippen LogP contribution in [-0.4, -0.2) is 9.59 Å². The van der Waals surface area contributed by atoms with Crippen molar-refractivity contribution < 1.29 is 0 Å². The second-order valence-corrected chi connectivity index (χ2v) is 3.28. The minimum absolute atomic E-state index is 0.0463. The highest BCUT2D eigenvalue weighted by Crippen LogP contribution is 2.24. The number of aryl methyl sites for hydroxylation is 1. The van der Waals surface area contributed by atoms with Crippen molar-refractivity contribution in [1.82, 2.24) is 9.59 Å². The molecule has 0 aliphatic heterocycles. The highest BCUT2D eigenvalue weighted by Gasteiger charge is 2.07. The van der Waals surface area contributed by atoms with Crippen LogP contribution in [0, 0.1) is 6.92 Å². The zero-order chi connectivity index (χ0) is 6.85. The molecule has 1 heterocycles. The topological polar surface area (TPSA) is 25.8 Å². The van der Waals surface area contributed by atoms with Gasteiger partial charge in [-0.3, -0.25) is 0 Å². The predicted octanol–water partition coefficient (Wildman–Crippen LogP) is 2.15. The van der Waals surface area contributed by atoms with Crippen LogP contribution in [0.1, 0.15) is 22.9 Å². The van der Waals surface area contributed by atoms with Crippen molar-refractivity contribution in [3.05, 3.63) is 10.6 Å². The van der Waals surface area contributed by atoms with E-state index in [1.54, 1.807) is 0 Å². The van der Waals surface area contributed by atoms with E-state index >= 15 is 0 Å². The van der Waals surface area contributed by atoms with Gasteiger partial charge in [0.15, 0.2) is 0 Å². The van der Waals surface area contributed by atoms with Gasteiger partial charge in [-0.05, 0) is 25.4 Å². The molecule has 1 unspecified atom stereocenters. The van der Waals surface area contributed by atoms with Crippen LogP contribution in [0.25, 0.3) is 0 Å². The SMILES string of the molecule is Cc1nnsc1C(C)Cl. The van der Waals surface area contributed by atoms with E-state index in [0.29, 0.717) is 0 Å². The highest BCUT2D eigenvalue weighted by molar-refractivity contribution is 7.06. The molecule has 1 atom stereocenters. The van der Waals surface area contributed by atoms with Gasteiger partial charge in [-0.25, -0.2) is 0 Å². The van der Waals surface area contributed by atoms with Gasteiger partial charge in [-0.2, -0.15) is 0 Å². The van der Waals surface area contributed by atoms with E-state index in [2.05, 4.69) is 9.59 Å². The molecule has 0 spiro atoms. The van der Waals surface area contributed by atoms with Gasteiger partial charge >= 0.3 is 0 Å². The Morgan fingerprint density at radius 2 is 2.33 bits per heavy atom. The van der Waals surface area contributed by atoms with Crippen LogP contribution in [0.5, 0.6) is 0 Å². The van der Waals surface area contributed by atoms with Crippen molar-refractivity contribution in [3.8, 4) is 0 Å². The Morgan fingerprint density at radius 3 is 2.56 bits per heavy atom. The second kappa shape index (κ2) is 2.62. The Hall–Kier alpha value is -0.150. The fraction of sp³-hybridized carbons (Fsp3) is 0.600. The summed E-state index contributed by atoms with van der Waals surface area (Å²) in [4.78, 5) is 1.07. The third-order valence-electron chi connectivity index (χ3n) is 1.05. The molecule has 0 saturated heterocycles. The second-order valence-electron chi connectivity index (χ2n) is 1.84. The molecule has 0 saturated carbocycles. The third-order valence-corrected chi connectivity index (χ3v) is 2.40. The van der Waals surface area contributed by atoms with Gasteiger partial charge in [0.25, 0.3) is 0 Å². The lowest BCUT2D eigenvalue weighted by Crippen LogP contribution is -1.81. The van der Waals surface area contributed by atoms with Gasteiger partial charge < -0.3 is 0 Å². The maximum atomic E-state index is 5.78. The quantitative estimate of drug-likeness (QED) is 0.592. The van der Waals surface area contributed by atoms with E-state index in [9.17, 15) is 0 Å². The molecule has 1 aromatic heterocycles. The van der Waals surface area contributed by atoms with E-state index < -0.39 is 0 Å². The molecule has 1 aromatic rings. The molecule has 9 heavy (non-hydrogen) atoms. The van der Waals surface area contributed by atoms with Crippen LogP contribution in [0.15, 0.2) is 0 Å². The molecule has 0 radical (unpaired) electrons. The minimum atomic E-state index is 0.0463. The Labute approximate surface area is 63.0 Å². The zero-order valence-corrected chi connectivity index (χ0v) is 6.83. The van der Waals surface area contributed by atoms with Crippen LogP contribution < -0.4 is 0 Å². The fourth-order valence-electron chi connectivity index (χ4n) is 0.601. The first-order valence-electron chi connectivity index (χ1n) is 2.64. The van der Waals surface area contributed by atoms with Crippen molar-refractivity contribution in [2.75, 3.05) is 0 Å². The van der Waals surface area contributed by atoms with Crippen molar-refractivity contribution in [3.63, 3.8) is 0 Å². The van der Waals surface area contributed by atoms with Crippen LogP contribution in [0.4, 0.5) is 0 Å². The molecule has 50 valence electrons. The van der Waals surface area contributed by atoms with Crippen molar-refractivity contribution in [1.29, 1.82) is 0 Å². The van der Waals surface area contributed by atoms with E-state index in [1.807, 2.05) is 13.8 Å². The first kappa shape index (κ1) is 6.96. The van der Waals surface area contributed by atoms with Crippen molar-refractivity contribution in [2.45, 2.75) is 19.2 Å². The minimum Gasteiger partial charge on any atom is -0.143 e. The monoisotopic (exact) mass is 162 g/mol. The molecule has 0 aliphatic rings. The average molecular weight is 163 g/mol. The molecule has 4 heteroatoms. The van der Waals surface area contributed by atoms with Gasteiger partial charge in [0.1, 0.15) is 0 Å². The van der Waals surface area contributed by atoms with Gasteiger partial charge in [0, 0.05) is 0 Å². The summed E-state index contributed by atoms with van der Waals surface area (Å²) in [6.45, 7) is 3.83. The van der Waals surface area contributed by atoms with E-state index in [0.717, 1.165) is 10.6 Å². The van der Waals surface area contributed by atoms with Gasteiger partial charge in [0.05, 0.1) is 15.9 Å². The molecule has 0 fully saturated rings. The van der Waals surface area contributed by atoms with Crippen molar-refractivity contribution >= 4 is 23.1 Å². The Morgan fingerprint density at radius 1 is 1.67 bits per heavy atom. The molecule has 0 aliphatic carbocycles. The van der Waals surface area contributed by atoms with Crippen molar-refractivity contribution in [2.24, 2.45) is 0 Å². The average Bonchev–Trinajstić information content (AvgIpc) is 2.13. The zero-order valence-electron chi connectivity index (χ0n) is 5.26. The summed E-state index contributed by atoms with van der Waals surface area (Å²) < 4.78 is 3.75. The Bertz CT molecular complexity index is 197. The van der Waals surface area contributed by atoms with Gasteiger partial charge in [0.2, 0.25) is 0 Å². The van der Waals surface area contributed by atoms with E-state index in [4.69, 9.17) is 11.6 Å². The fourth-order valence-corrected chi connectivity index (χ4v) is 1.45. The summed E-state index contributed by atoms with van der Waals surface area (Å²) in [6, 6.07) is 0. The number of rotatable bonds is 1. The Kier molecular flexibility index (Phi) is 2.03. The molecule has 0 bridgehead atoms. The summed E-state index contributed by atoms with van der Waals surface area (Å²) in [5.41, 5.74) is 0.947. The lowest BCUT2D eigenvalue weighted by atomic mass is 10.3. The van der Waals surface area contributed by atoms with Gasteiger partial charge in [-0.15, -0.1) is 16.7 Å². The largest absolute Gasteiger partial charge is 0.143 e. The molecule has 0 aromatic carbocycles. The number of hydrogen-bond donors (Lipinski definition) is 0. The normalized spacial score (nSPS) is 13.7. The number of nitrogens with zero attached hydrogens (tertiary/aromatic N) is 2. The molecule has 0 amide bonds. The van der Waals surface area contributed by atoms with Crippen LogP contribution in [0.3, 0.4) is 0 Å². The summed E-state index contributed by atoms with van der Waals surface area (Å²) in [6.07, 6.45) is 0. The molecular formula is C5H7ClN2S. The maximum Gasteiger partial charge on any atom is 0.0771 e. The first-order chi connectivity index (χ1) is 4.22. The number of aromatic nitrogens is 2. The summed E-state index contributed by atoms with van der Waals surface area (Å²) in [5, 5.41) is 3.87.